The Bertz CT molecular complexity index is 1280. The fourth-order valence-corrected chi connectivity index (χ4v) is 5.04. The van der Waals surface area contributed by atoms with E-state index in [9.17, 15) is 26.7 Å². The van der Waals surface area contributed by atoms with E-state index in [1.54, 1.807) is 4.57 Å². The van der Waals surface area contributed by atoms with E-state index in [0.717, 1.165) is 0 Å². The maximum absolute atomic E-state index is 14.4. The van der Waals surface area contributed by atoms with Crippen molar-refractivity contribution in [2.45, 2.75) is 63.0 Å². The van der Waals surface area contributed by atoms with Crippen molar-refractivity contribution in [2.75, 3.05) is 10.6 Å². The van der Waals surface area contributed by atoms with Crippen LogP contribution in [0, 0.1) is 23.4 Å². The summed E-state index contributed by atoms with van der Waals surface area (Å²) in [6.45, 7) is 0. The molecule has 2 saturated carbocycles. The Morgan fingerprint density at radius 2 is 1.75 bits per heavy atom. The van der Waals surface area contributed by atoms with Crippen LogP contribution in [0.2, 0.25) is 0 Å². The number of hydrogen-bond acceptors (Lipinski definition) is 6. The lowest BCUT2D eigenvalue weighted by Gasteiger charge is -2.29. The molecule has 5 rings (SSSR count). The minimum Gasteiger partial charge on any atom is -0.369 e. The van der Waals surface area contributed by atoms with Crippen molar-refractivity contribution in [1.29, 1.82) is 0 Å². The van der Waals surface area contributed by atoms with Crippen LogP contribution >= 0.6 is 0 Å². The van der Waals surface area contributed by atoms with E-state index in [1.807, 2.05) is 0 Å². The lowest BCUT2D eigenvalue weighted by Crippen LogP contribution is -2.29. The predicted molar refractivity (Wildman–Crippen MR) is 121 cm³/mol. The van der Waals surface area contributed by atoms with Crippen LogP contribution in [0.4, 0.5) is 39.5 Å². The number of carbonyl (C=O) groups is 1. The molecule has 0 saturated heterocycles. The van der Waals surface area contributed by atoms with E-state index in [1.165, 1.54) is 6.20 Å². The third-order valence-corrected chi connectivity index (χ3v) is 6.88. The van der Waals surface area contributed by atoms with Crippen molar-refractivity contribution in [3.05, 3.63) is 35.8 Å². The van der Waals surface area contributed by atoms with Crippen molar-refractivity contribution in [3.63, 3.8) is 0 Å². The maximum Gasteiger partial charge on any atom is 0.250 e. The number of nitrogens with two attached hydrogens (primary N) is 1. The standard InChI is InChI=1S/C23H24F5N7O/c24-12-7-15(25)18(16(26)8-12)33-22-32-17-10-30-21(31-13-5-6-23(27,28)9-13)34-20(17)35(22)14-3-1-11(2-4-14)19(29)36/h7-8,10-11,13-14H,1-6,9H2,(H2,29,36)(H,32,33)(H,30,31,34)/t11-,13-,14+/m0/s1. The summed E-state index contributed by atoms with van der Waals surface area (Å²) in [4.78, 5) is 24.7. The Morgan fingerprint density at radius 3 is 2.36 bits per heavy atom. The topological polar surface area (TPSA) is 111 Å². The van der Waals surface area contributed by atoms with E-state index in [2.05, 4.69) is 25.6 Å². The molecule has 1 atom stereocenters. The number of primary amides is 1. The number of imidazole rings is 1. The second-order valence-corrected chi connectivity index (χ2v) is 9.43. The van der Waals surface area contributed by atoms with Gasteiger partial charge in [0.05, 0.1) is 6.20 Å². The smallest absolute Gasteiger partial charge is 0.250 e. The first-order chi connectivity index (χ1) is 17.1. The number of benzene rings is 1. The van der Waals surface area contributed by atoms with Gasteiger partial charge in [-0.2, -0.15) is 4.98 Å². The molecule has 2 fully saturated rings. The van der Waals surface area contributed by atoms with E-state index in [4.69, 9.17) is 5.73 Å². The second-order valence-electron chi connectivity index (χ2n) is 9.43. The quantitative estimate of drug-likeness (QED) is 0.412. The molecule has 2 aliphatic carbocycles. The second kappa shape index (κ2) is 9.17. The van der Waals surface area contributed by atoms with Crippen LogP contribution in [-0.2, 0) is 4.79 Å². The SMILES string of the molecule is NC(=O)[C@H]1CC[C@@H](n2c(Nc3c(F)cc(F)cc3F)nc3cnc(N[C@H]4CCC(F)(F)C4)nc32)CC1. The van der Waals surface area contributed by atoms with Gasteiger partial charge in [0.15, 0.2) is 17.3 Å². The molecule has 0 spiro atoms. The molecule has 0 unspecified atom stereocenters. The Labute approximate surface area is 202 Å². The molecule has 192 valence electrons. The zero-order valence-electron chi connectivity index (χ0n) is 19.1. The third-order valence-electron chi connectivity index (χ3n) is 6.88. The number of fused-ring (bicyclic) bond motifs is 1. The van der Waals surface area contributed by atoms with Gasteiger partial charge in [-0.3, -0.25) is 9.36 Å². The fraction of sp³-hybridized carbons (Fsp3) is 0.478. The highest BCUT2D eigenvalue weighted by molar-refractivity contribution is 5.78. The van der Waals surface area contributed by atoms with Crippen LogP contribution in [0.3, 0.4) is 0 Å². The molecule has 2 aliphatic rings. The Kier molecular flexibility index (Phi) is 6.17. The first-order valence-corrected chi connectivity index (χ1v) is 11.7. The van der Waals surface area contributed by atoms with Crippen LogP contribution in [0.25, 0.3) is 11.2 Å². The number of nitrogens with one attached hydrogen (secondary N) is 2. The molecule has 0 radical (unpaired) electrons. The number of nitrogens with zero attached hydrogens (tertiary/aromatic N) is 4. The number of halogens is 5. The molecule has 0 bridgehead atoms. The highest BCUT2D eigenvalue weighted by atomic mass is 19.3. The average molecular weight is 509 g/mol. The molecule has 1 amide bonds. The number of hydrogen-bond donors (Lipinski definition) is 3. The minimum absolute atomic E-state index is 0.0517. The van der Waals surface area contributed by atoms with Gasteiger partial charge < -0.3 is 16.4 Å². The van der Waals surface area contributed by atoms with Gasteiger partial charge >= 0.3 is 0 Å². The number of amides is 1. The molecule has 2 heterocycles. The van der Waals surface area contributed by atoms with Crippen molar-refractivity contribution in [2.24, 2.45) is 11.7 Å². The van der Waals surface area contributed by atoms with Gasteiger partial charge in [0, 0.05) is 43.0 Å². The molecule has 8 nitrogen and oxygen atoms in total. The van der Waals surface area contributed by atoms with Crippen LogP contribution in [0.1, 0.15) is 51.0 Å². The first-order valence-electron chi connectivity index (χ1n) is 11.7. The number of aromatic nitrogens is 4. The lowest BCUT2D eigenvalue weighted by molar-refractivity contribution is -0.122. The minimum atomic E-state index is -2.75. The van der Waals surface area contributed by atoms with E-state index in [-0.39, 0.29) is 49.0 Å². The van der Waals surface area contributed by atoms with Crippen molar-refractivity contribution in [1.82, 2.24) is 19.5 Å². The highest BCUT2D eigenvalue weighted by Gasteiger charge is 2.39. The Morgan fingerprint density at radius 1 is 1.06 bits per heavy atom. The molecular formula is C23H24F5N7O. The monoisotopic (exact) mass is 509 g/mol. The van der Waals surface area contributed by atoms with Gasteiger partial charge in [0.2, 0.25) is 23.7 Å². The highest BCUT2D eigenvalue weighted by Crippen LogP contribution is 2.38. The Hall–Kier alpha value is -3.51. The molecule has 36 heavy (non-hydrogen) atoms. The summed E-state index contributed by atoms with van der Waals surface area (Å²) in [5, 5.41) is 5.55. The molecule has 4 N–H and O–H groups in total. The summed E-state index contributed by atoms with van der Waals surface area (Å²) in [6, 6.07) is 0.351. The maximum atomic E-state index is 14.4. The summed E-state index contributed by atoms with van der Waals surface area (Å²) < 4.78 is 71.1. The summed E-state index contributed by atoms with van der Waals surface area (Å²) in [5.74, 6) is -6.58. The van der Waals surface area contributed by atoms with Gasteiger partial charge in [0.25, 0.3) is 0 Å². The van der Waals surface area contributed by atoms with E-state index < -0.39 is 35.1 Å². The van der Waals surface area contributed by atoms with Gasteiger partial charge in [0.1, 0.15) is 17.0 Å². The van der Waals surface area contributed by atoms with Crippen molar-refractivity contribution in [3.8, 4) is 0 Å². The van der Waals surface area contributed by atoms with Crippen molar-refractivity contribution >= 4 is 34.7 Å². The van der Waals surface area contributed by atoms with Gasteiger partial charge in [-0.1, -0.05) is 0 Å². The van der Waals surface area contributed by atoms with Crippen LogP contribution in [0.5, 0.6) is 0 Å². The molecule has 13 heteroatoms. The fourth-order valence-electron chi connectivity index (χ4n) is 5.04. The van der Waals surface area contributed by atoms with Crippen LogP contribution in [-0.4, -0.2) is 37.4 Å². The number of carbonyl (C=O) groups excluding carboxylic acids is 1. The Balaban J connectivity index is 1.52. The first kappa shape index (κ1) is 24.2. The zero-order chi connectivity index (χ0) is 25.6. The van der Waals surface area contributed by atoms with Gasteiger partial charge in [-0.15, -0.1) is 0 Å². The molecule has 2 aromatic heterocycles. The predicted octanol–water partition coefficient (Wildman–Crippen LogP) is 4.80. The largest absolute Gasteiger partial charge is 0.369 e. The van der Waals surface area contributed by atoms with Gasteiger partial charge in [-0.05, 0) is 32.1 Å². The summed E-state index contributed by atoms with van der Waals surface area (Å²) >= 11 is 0. The number of anilines is 3. The summed E-state index contributed by atoms with van der Waals surface area (Å²) in [6.07, 6.45) is 3.15. The number of rotatable bonds is 6. The molecule has 0 aliphatic heterocycles. The third kappa shape index (κ3) is 4.78. The van der Waals surface area contributed by atoms with E-state index >= 15 is 0 Å². The molecular weight excluding hydrogens is 485 g/mol. The van der Waals surface area contributed by atoms with Crippen LogP contribution < -0.4 is 16.4 Å². The van der Waals surface area contributed by atoms with E-state index in [0.29, 0.717) is 49.0 Å². The molecule has 1 aromatic carbocycles. The summed E-state index contributed by atoms with van der Waals surface area (Å²) in [7, 11) is 0. The average Bonchev–Trinajstić information content (AvgIpc) is 3.34. The zero-order valence-corrected chi connectivity index (χ0v) is 19.1. The van der Waals surface area contributed by atoms with Gasteiger partial charge in [-0.25, -0.2) is 31.9 Å². The summed E-state index contributed by atoms with van der Waals surface area (Å²) in [5.41, 5.74) is 5.49. The lowest BCUT2D eigenvalue weighted by atomic mass is 9.85. The number of alkyl halides is 2. The molecule has 3 aromatic rings. The normalized spacial score (nSPS) is 23.6. The van der Waals surface area contributed by atoms with Crippen molar-refractivity contribution < 1.29 is 26.7 Å². The van der Waals surface area contributed by atoms with Crippen LogP contribution in [0.15, 0.2) is 18.3 Å².